The molecule has 0 aromatic heterocycles. The van der Waals surface area contributed by atoms with Crippen molar-refractivity contribution >= 4 is 23.2 Å². The van der Waals surface area contributed by atoms with E-state index in [1.165, 1.54) is 0 Å². The topological polar surface area (TPSA) is 29.5 Å². The zero-order valence-electron chi connectivity index (χ0n) is 9.78. The summed E-state index contributed by atoms with van der Waals surface area (Å²) in [6, 6.07) is 10.3. The van der Waals surface area contributed by atoms with Crippen molar-refractivity contribution in [1.82, 2.24) is 0 Å². The first kappa shape index (κ1) is 13.1. The number of hydrogen-bond donors (Lipinski definition) is 1. The normalized spacial score (nSPS) is 10.4. The highest BCUT2D eigenvalue weighted by Gasteiger charge is 2.04. The lowest BCUT2D eigenvalue weighted by atomic mass is 10.2. The van der Waals surface area contributed by atoms with E-state index in [1.54, 1.807) is 30.3 Å². The van der Waals surface area contributed by atoms with Crippen molar-refractivity contribution in [3.05, 3.63) is 57.6 Å². The lowest BCUT2D eigenvalue weighted by Gasteiger charge is -2.09. The van der Waals surface area contributed by atoms with E-state index in [0.29, 0.717) is 22.4 Å². The Morgan fingerprint density at radius 1 is 1.11 bits per heavy atom. The Morgan fingerprint density at radius 2 is 1.89 bits per heavy atom. The lowest BCUT2D eigenvalue weighted by molar-refractivity contribution is 0.304. The summed E-state index contributed by atoms with van der Waals surface area (Å²) >= 11 is 11.9. The number of rotatable bonds is 3. The van der Waals surface area contributed by atoms with E-state index in [2.05, 4.69) is 0 Å². The van der Waals surface area contributed by atoms with E-state index in [9.17, 15) is 5.11 Å². The maximum atomic E-state index is 9.46. The molecule has 18 heavy (non-hydrogen) atoms. The minimum absolute atomic E-state index is 0.183. The van der Waals surface area contributed by atoms with Crippen LogP contribution in [0.4, 0.5) is 0 Å². The maximum absolute atomic E-state index is 9.46. The van der Waals surface area contributed by atoms with Crippen molar-refractivity contribution in [2.24, 2.45) is 0 Å². The molecule has 0 heterocycles. The fraction of sp³-hybridized carbons (Fsp3) is 0.143. The Kier molecular flexibility index (Phi) is 4.00. The van der Waals surface area contributed by atoms with Gasteiger partial charge in [0.05, 0.1) is 0 Å². The molecule has 0 bridgehead atoms. The summed E-state index contributed by atoms with van der Waals surface area (Å²) in [7, 11) is 0. The molecule has 0 aliphatic rings. The Hall–Kier alpha value is -1.38. The second-order valence-corrected chi connectivity index (χ2v) is 4.87. The standard InChI is InChI=1S/C14H12Cl2O2/c1-9-4-12(17)7-13(5-9)18-8-10-6-11(15)2-3-14(10)16/h2-7,17H,8H2,1H3. The van der Waals surface area contributed by atoms with Gasteiger partial charge in [0.15, 0.2) is 0 Å². The molecule has 0 aliphatic carbocycles. The Labute approximate surface area is 116 Å². The smallest absolute Gasteiger partial charge is 0.123 e. The fourth-order valence-corrected chi connectivity index (χ4v) is 1.99. The molecule has 94 valence electrons. The molecular formula is C14H12Cl2O2. The molecule has 0 saturated heterocycles. The summed E-state index contributed by atoms with van der Waals surface area (Å²) in [5.41, 5.74) is 1.74. The second kappa shape index (κ2) is 5.51. The van der Waals surface area contributed by atoms with Gasteiger partial charge in [0.1, 0.15) is 18.1 Å². The summed E-state index contributed by atoms with van der Waals surface area (Å²) < 4.78 is 5.59. The van der Waals surface area contributed by atoms with Crippen LogP contribution in [-0.2, 0) is 6.61 Å². The van der Waals surface area contributed by atoms with Crippen LogP contribution in [-0.4, -0.2) is 5.11 Å². The number of ether oxygens (including phenoxy) is 1. The second-order valence-electron chi connectivity index (χ2n) is 4.03. The molecular weight excluding hydrogens is 271 g/mol. The van der Waals surface area contributed by atoms with Crippen molar-refractivity contribution in [2.45, 2.75) is 13.5 Å². The summed E-state index contributed by atoms with van der Waals surface area (Å²) in [5.74, 6) is 0.783. The van der Waals surface area contributed by atoms with Gasteiger partial charge in [-0.15, -0.1) is 0 Å². The number of benzene rings is 2. The van der Waals surface area contributed by atoms with Crippen LogP contribution in [0.15, 0.2) is 36.4 Å². The zero-order chi connectivity index (χ0) is 13.1. The van der Waals surface area contributed by atoms with Crippen LogP contribution < -0.4 is 4.74 Å². The van der Waals surface area contributed by atoms with E-state index in [1.807, 2.05) is 13.0 Å². The summed E-state index contributed by atoms with van der Waals surface area (Å²) in [6.07, 6.45) is 0. The van der Waals surface area contributed by atoms with E-state index in [-0.39, 0.29) is 5.75 Å². The van der Waals surface area contributed by atoms with Gasteiger partial charge in [-0.3, -0.25) is 0 Å². The minimum Gasteiger partial charge on any atom is -0.508 e. The number of phenols is 1. The minimum atomic E-state index is 0.183. The third kappa shape index (κ3) is 3.31. The van der Waals surface area contributed by atoms with Crippen LogP contribution in [0, 0.1) is 6.92 Å². The third-order valence-electron chi connectivity index (χ3n) is 2.44. The SMILES string of the molecule is Cc1cc(O)cc(OCc2cc(Cl)ccc2Cl)c1. The van der Waals surface area contributed by atoms with Gasteiger partial charge >= 0.3 is 0 Å². The van der Waals surface area contributed by atoms with Crippen LogP contribution in [0.1, 0.15) is 11.1 Å². The van der Waals surface area contributed by atoms with E-state index in [4.69, 9.17) is 27.9 Å². The first-order valence-corrected chi connectivity index (χ1v) is 6.17. The van der Waals surface area contributed by atoms with Crippen LogP contribution in [0.3, 0.4) is 0 Å². The molecule has 0 radical (unpaired) electrons. The van der Waals surface area contributed by atoms with E-state index >= 15 is 0 Å². The summed E-state index contributed by atoms with van der Waals surface area (Å²) in [5, 5.41) is 10.7. The third-order valence-corrected chi connectivity index (χ3v) is 3.04. The Morgan fingerprint density at radius 3 is 2.61 bits per heavy atom. The van der Waals surface area contributed by atoms with Crippen molar-refractivity contribution < 1.29 is 9.84 Å². The number of halogens is 2. The molecule has 2 rings (SSSR count). The van der Waals surface area contributed by atoms with Gasteiger partial charge in [-0.2, -0.15) is 0 Å². The average Bonchev–Trinajstić information content (AvgIpc) is 2.29. The van der Waals surface area contributed by atoms with Crippen molar-refractivity contribution in [1.29, 1.82) is 0 Å². The van der Waals surface area contributed by atoms with Gasteiger partial charge < -0.3 is 9.84 Å². The average molecular weight is 283 g/mol. The van der Waals surface area contributed by atoms with Crippen LogP contribution in [0.25, 0.3) is 0 Å². The first-order valence-electron chi connectivity index (χ1n) is 5.42. The molecule has 4 heteroatoms. The van der Waals surface area contributed by atoms with Crippen LogP contribution >= 0.6 is 23.2 Å². The monoisotopic (exact) mass is 282 g/mol. The molecule has 0 aliphatic heterocycles. The molecule has 0 saturated carbocycles. The largest absolute Gasteiger partial charge is 0.508 e. The molecule has 0 unspecified atom stereocenters. The maximum Gasteiger partial charge on any atom is 0.123 e. The Balaban J connectivity index is 2.13. The molecule has 2 aromatic carbocycles. The number of phenolic OH excluding ortho intramolecular Hbond substituents is 1. The Bertz CT molecular complexity index is 547. The predicted octanol–water partition coefficient (Wildman–Crippen LogP) is 4.59. The molecule has 0 atom stereocenters. The lowest BCUT2D eigenvalue weighted by Crippen LogP contribution is -1.96. The van der Waals surface area contributed by atoms with Gasteiger partial charge in [-0.1, -0.05) is 23.2 Å². The summed E-state index contributed by atoms with van der Waals surface area (Å²) in [4.78, 5) is 0. The predicted molar refractivity (Wildman–Crippen MR) is 73.6 cm³/mol. The molecule has 0 spiro atoms. The highest BCUT2D eigenvalue weighted by Crippen LogP contribution is 2.25. The van der Waals surface area contributed by atoms with Crippen molar-refractivity contribution in [2.75, 3.05) is 0 Å². The van der Waals surface area contributed by atoms with Crippen molar-refractivity contribution in [3.63, 3.8) is 0 Å². The van der Waals surface area contributed by atoms with Crippen LogP contribution in [0.2, 0.25) is 10.0 Å². The number of hydrogen-bond acceptors (Lipinski definition) is 2. The fourth-order valence-electron chi connectivity index (χ4n) is 1.63. The van der Waals surface area contributed by atoms with Gasteiger partial charge in [-0.25, -0.2) is 0 Å². The zero-order valence-corrected chi connectivity index (χ0v) is 11.3. The molecule has 0 amide bonds. The quantitative estimate of drug-likeness (QED) is 0.893. The van der Waals surface area contributed by atoms with E-state index < -0.39 is 0 Å². The van der Waals surface area contributed by atoms with Crippen molar-refractivity contribution in [3.8, 4) is 11.5 Å². The molecule has 2 aromatic rings. The highest BCUT2D eigenvalue weighted by atomic mass is 35.5. The van der Waals surface area contributed by atoms with Gasteiger partial charge in [0.2, 0.25) is 0 Å². The number of aryl methyl sites for hydroxylation is 1. The van der Waals surface area contributed by atoms with E-state index in [0.717, 1.165) is 11.1 Å². The molecule has 1 N–H and O–H groups in total. The van der Waals surface area contributed by atoms with Crippen LogP contribution in [0.5, 0.6) is 11.5 Å². The first-order chi connectivity index (χ1) is 8.54. The van der Waals surface area contributed by atoms with Gasteiger partial charge in [0, 0.05) is 21.7 Å². The highest BCUT2D eigenvalue weighted by molar-refractivity contribution is 6.33. The van der Waals surface area contributed by atoms with Gasteiger partial charge in [0.25, 0.3) is 0 Å². The number of aromatic hydroxyl groups is 1. The molecule has 0 fully saturated rings. The summed E-state index contributed by atoms with van der Waals surface area (Å²) in [6.45, 7) is 2.20. The van der Waals surface area contributed by atoms with Gasteiger partial charge in [-0.05, 0) is 42.8 Å². The molecule has 2 nitrogen and oxygen atoms in total.